The third-order valence-corrected chi connectivity index (χ3v) is 5.25. The molecule has 0 radical (unpaired) electrons. The quantitative estimate of drug-likeness (QED) is 0.718. The molecule has 3 rings (SSSR count). The van der Waals surface area contributed by atoms with Crippen LogP contribution in [0, 0.1) is 17.7 Å². The molecule has 1 unspecified atom stereocenters. The zero-order valence-corrected chi connectivity index (χ0v) is 15.1. The van der Waals surface area contributed by atoms with Gasteiger partial charge in [-0.25, -0.2) is 9.18 Å². The Kier molecular flexibility index (Phi) is 6.08. The normalized spacial score (nSPS) is 22.8. The fraction of sp³-hybridized carbons (Fsp3) is 0.579. The van der Waals surface area contributed by atoms with E-state index in [9.17, 15) is 14.0 Å². The van der Waals surface area contributed by atoms with E-state index in [1.807, 2.05) is 11.8 Å². The van der Waals surface area contributed by atoms with Gasteiger partial charge >= 0.3 is 6.03 Å². The maximum Gasteiger partial charge on any atom is 0.315 e. The van der Waals surface area contributed by atoms with Crippen molar-refractivity contribution in [3.8, 4) is 0 Å². The molecule has 142 valence electrons. The van der Waals surface area contributed by atoms with Crippen molar-refractivity contribution < 1.29 is 14.0 Å². The highest BCUT2D eigenvalue weighted by Crippen LogP contribution is 2.27. The third kappa shape index (κ3) is 4.52. The number of hydrogen-bond donors (Lipinski definition) is 3. The lowest BCUT2D eigenvalue weighted by Crippen LogP contribution is -2.51. The number of nitrogens with zero attached hydrogens (tertiary/aromatic N) is 1. The van der Waals surface area contributed by atoms with E-state index >= 15 is 0 Å². The fourth-order valence-corrected chi connectivity index (χ4v) is 3.80. The highest BCUT2D eigenvalue weighted by Gasteiger charge is 2.39. The summed E-state index contributed by atoms with van der Waals surface area (Å²) < 4.78 is 12.9. The summed E-state index contributed by atoms with van der Waals surface area (Å²) in [5.74, 6) is 0.776. The molecule has 0 spiro atoms. The first-order valence-electron chi connectivity index (χ1n) is 9.35. The van der Waals surface area contributed by atoms with Crippen molar-refractivity contribution in [1.82, 2.24) is 20.9 Å². The Morgan fingerprint density at radius 3 is 2.50 bits per heavy atom. The number of urea groups is 1. The topological polar surface area (TPSA) is 73.5 Å². The first-order chi connectivity index (χ1) is 12.6. The molecule has 26 heavy (non-hydrogen) atoms. The fourth-order valence-electron chi connectivity index (χ4n) is 3.80. The number of fused-ring (bicyclic) bond motifs is 1. The molecule has 3 N–H and O–H groups in total. The Hall–Kier alpha value is -2.15. The van der Waals surface area contributed by atoms with E-state index in [2.05, 4.69) is 16.0 Å². The van der Waals surface area contributed by atoms with Crippen molar-refractivity contribution in [2.75, 3.05) is 26.2 Å². The summed E-state index contributed by atoms with van der Waals surface area (Å²) in [4.78, 5) is 26.9. The largest absolute Gasteiger partial charge is 0.340 e. The van der Waals surface area contributed by atoms with Crippen LogP contribution in [0.25, 0.3) is 0 Å². The molecular weight excluding hydrogens is 335 g/mol. The summed E-state index contributed by atoms with van der Waals surface area (Å²) in [6.07, 6.45) is 1.43. The van der Waals surface area contributed by atoms with Crippen molar-refractivity contribution in [1.29, 1.82) is 0 Å². The lowest BCUT2D eigenvalue weighted by molar-refractivity contribution is -0.132. The van der Waals surface area contributed by atoms with Crippen molar-refractivity contribution in [3.63, 3.8) is 0 Å². The zero-order chi connectivity index (χ0) is 18.5. The number of nitrogens with one attached hydrogen (secondary N) is 3. The first kappa shape index (κ1) is 18.6. The summed E-state index contributed by atoms with van der Waals surface area (Å²) >= 11 is 0. The molecule has 3 amide bonds. The standard InChI is InChI=1S/C19H27FN4O2/c1-2-3-17(18(25)24-11-14-9-21-10-15(14)12-24)23-19(26)22-8-13-4-6-16(20)7-5-13/h4-7,14-15,17,21H,2-3,8-12H2,1H3,(H2,22,23,26)/t14-,15+,17?. The van der Waals surface area contributed by atoms with E-state index in [1.165, 1.54) is 12.1 Å². The molecule has 2 aliphatic heterocycles. The smallest absolute Gasteiger partial charge is 0.315 e. The average Bonchev–Trinajstić information content (AvgIpc) is 3.22. The number of likely N-dealkylation sites (tertiary alicyclic amines) is 1. The molecule has 2 heterocycles. The van der Waals surface area contributed by atoms with E-state index in [0.29, 0.717) is 24.8 Å². The molecule has 2 saturated heterocycles. The van der Waals surface area contributed by atoms with Gasteiger partial charge in [0.1, 0.15) is 11.9 Å². The van der Waals surface area contributed by atoms with Crippen molar-refractivity contribution >= 4 is 11.9 Å². The molecule has 1 aromatic rings. The molecule has 6 nitrogen and oxygen atoms in total. The Labute approximate surface area is 153 Å². The van der Waals surface area contributed by atoms with Gasteiger partial charge < -0.3 is 20.9 Å². The lowest BCUT2D eigenvalue weighted by atomic mass is 10.0. The maximum atomic E-state index is 12.9. The predicted octanol–water partition coefficient (Wildman–Crippen LogP) is 1.47. The Morgan fingerprint density at radius 1 is 1.23 bits per heavy atom. The highest BCUT2D eigenvalue weighted by molar-refractivity contribution is 5.87. The van der Waals surface area contributed by atoms with Crippen molar-refractivity contribution in [3.05, 3.63) is 35.6 Å². The molecule has 2 fully saturated rings. The van der Waals surface area contributed by atoms with E-state index in [0.717, 1.165) is 38.2 Å². The molecule has 0 saturated carbocycles. The molecule has 3 atom stereocenters. The number of rotatable bonds is 6. The number of amides is 3. The summed E-state index contributed by atoms with van der Waals surface area (Å²) in [5, 5.41) is 8.92. The van der Waals surface area contributed by atoms with Gasteiger partial charge in [0.2, 0.25) is 5.91 Å². The van der Waals surface area contributed by atoms with Crippen LogP contribution in [0.3, 0.4) is 0 Å². The Morgan fingerprint density at radius 2 is 1.88 bits per heavy atom. The second-order valence-electron chi connectivity index (χ2n) is 7.22. The second-order valence-corrected chi connectivity index (χ2v) is 7.22. The van der Waals surface area contributed by atoms with Crippen LogP contribution in [-0.4, -0.2) is 49.1 Å². The number of hydrogen-bond acceptors (Lipinski definition) is 3. The van der Waals surface area contributed by atoms with Gasteiger partial charge in [0.25, 0.3) is 0 Å². The van der Waals surface area contributed by atoms with E-state index in [1.54, 1.807) is 12.1 Å². The molecule has 2 aliphatic rings. The number of carbonyl (C=O) groups is 2. The van der Waals surface area contributed by atoms with Gasteiger partial charge in [-0.3, -0.25) is 4.79 Å². The average molecular weight is 362 g/mol. The predicted molar refractivity (Wildman–Crippen MR) is 96.9 cm³/mol. The highest BCUT2D eigenvalue weighted by atomic mass is 19.1. The van der Waals surface area contributed by atoms with Crippen LogP contribution in [0.5, 0.6) is 0 Å². The summed E-state index contributed by atoms with van der Waals surface area (Å²) in [5.41, 5.74) is 0.805. The summed E-state index contributed by atoms with van der Waals surface area (Å²) in [7, 11) is 0. The number of benzene rings is 1. The van der Waals surface area contributed by atoms with Crippen LogP contribution in [0.4, 0.5) is 9.18 Å². The van der Waals surface area contributed by atoms with Gasteiger partial charge in [0.05, 0.1) is 0 Å². The Balaban J connectivity index is 1.51. The monoisotopic (exact) mass is 362 g/mol. The van der Waals surface area contributed by atoms with Gasteiger partial charge in [-0.05, 0) is 36.0 Å². The Bertz CT molecular complexity index is 625. The van der Waals surface area contributed by atoms with Gasteiger partial charge in [0, 0.05) is 32.7 Å². The van der Waals surface area contributed by atoms with Crippen LogP contribution in [0.1, 0.15) is 25.3 Å². The van der Waals surface area contributed by atoms with E-state index in [4.69, 9.17) is 0 Å². The van der Waals surface area contributed by atoms with Gasteiger partial charge in [0.15, 0.2) is 0 Å². The molecule has 1 aromatic carbocycles. The summed E-state index contributed by atoms with van der Waals surface area (Å²) in [6.45, 7) is 5.78. The van der Waals surface area contributed by atoms with Gasteiger partial charge in [-0.2, -0.15) is 0 Å². The van der Waals surface area contributed by atoms with Crippen molar-refractivity contribution in [2.45, 2.75) is 32.4 Å². The molecular formula is C19H27FN4O2. The minimum absolute atomic E-state index is 0.0122. The van der Waals surface area contributed by atoms with Gasteiger partial charge in [-0.1, -0.05) is 25.5 Å². The van der Waals surface area contributed by atoms with Crippen LogP contribution >= 0.6 is 0 Å². The minimum atomic E-state index is -0.500. The SMILES string of the molecule is CCCC(NC(=O)NCc1ccc(F)cc1)C(=O)N1C[C@H]2CNC[C@H]2C1. The second kappa shape index (κ2) is 8.49. The minimum Gasteiger partial charge on any atom is -0.340 e. The summed E-state index contributed by atoms with van der Waals surface area (Å²) in [6, 6.07) is 5.10. The van der Waals surface area contributed by atoms with E-state index < -0.39 is 6.04 Å². The zero-order valence-electron chi connectivity index (χ0n) is 15.1. The molecule has 0 aliphatic carbocycles. The molecule has 7 heteroatoms. The lowest BCUT2D eigenvalue weighted by Gasteiger charge is -2.25. The maximum absolute atomic E-state index is 12.9. The van der Waals surface area contributed by atoms with Crippen LogP contribution in [0.15, 0.2) is 24.3 Å². The number of carbonyl (C=O) groups excluding carboxylic acids is 2. The van der Waals surface area contributed by atoms with Crippen LogP contribution in [0.2, 0.25) is 0 Å². The van der Waals surface area contributed by atoms with Crippen LogP contribution in [-0.2, 0) is 11.3 Å². The van der Waals surface area contributed by atoms with Crippen LogP contribution < -0.4 is 16.0 Å². The first-order valence-corrected chi connectivity index (χ1v) is 9.35. The van der Waals surface area contributed by atoms with E-state index in [-0.39, 0.29) is 17.8 Å². The third-order valence-electron chi connectivity index (χ3n) is 5.25. The molecule has 0 bridgehead atoms. The van der Waals surface area contributed by atoms with Gasteiger partial charge in [-0.15, -0.1) is 0 Å². The number of halogens is 1. The molecule has 0 aromatic heterocycles. The van der Waals surface area contributed by atoms with Crippen molar-refractivity contribution in [2.24, 2.45) is 11.8 Å².